The predicted molar refractivity (Wildman–Crippen MR) is 75.7 cm³/mol. The normalized spacial score (nSPS) is 9.24. The van der Waals surface area contributed by atoms with Crippen LogP contribution < -0.4 is 5.32 Å². The van der Waals surface area contributed by atoms with Gasteiger partial charge >= 0.3 is 0 Å². The van der Waals surface area contributed by atoms with Crippen molar-refractivity contribution < 1.29 is 14.2 Å². The molecule has 21 heavy (non-hydrogen) atoms. The molecule has 0 bridgehead atoms. The summed E-state index contributed by atoms with van der Waals surface area (Å²) in [5.74, 6) is -0.467. The SMILES string of the molecule is CNc1ccc([N+](=O)[O-])cc1.O=[N+]([O-])c1ccc(F)cc1. The summed E-state index contributed by atoms with van der Waals surface area (Å²) in [6.45, 7) is 0. The Morgan fingerprint density at radius 2 is 1.24 bits per heavy atom. The molecule has 0 heterocycles. The molecule has 0 unspecified atom stereocenters. The third kappa shape index (κ3) is 5.23. The number of nitro benzene ring substituents is 2. The smallest absolute Gasteiger partial charge is 0.269 e. The summed E-state index contributed by atoms with van der Waals surface area (Å²) in [7, 11) is 1.77. The number of nitro groups is 2. The predicted octanol–water partition coefficient (Wildman–Crippen LogP) is 3.37. The first-order valence-electron chi connectivity index (χ1n) is 5.76. The number of hydrogen-bond donors (Lipinski definition) is 1. The fourth-order valence-corrected chi connectivity index (χ4v) is 1.31. The molecule has 2 aromatic carbocycles. The minimum absolute atomic E-state index is 0.0959. The molecule has 1 N–H and O–H groups in total. The van der Waals surface area contributed by atoms with Crippen LogP contribution in [0.4, 0.5) is 21.5 Å². The van der Waals surface area contributed by atoms with Gasteiger partial charge in [-0.3, -0.25) is 20.2 Å². The zero-order chi connectivity index (χ0) is 15.8. The molecule has 0 aliphatic rings. The molecule has 0 aromatic heterocycles. The van der Waals surface area contributed by atoms with Crippen LogP contribution >= 0.6 is 0 Å². The Labute approximate surface area is 119 Å². The molecule has 0 atom stereocenters. The maximum atomic E-state index is 12.1. The van der Waals surface area contributed by atoms with Gasteiger partial charge in [-0.1, -0.05) is 0 Å². The zero-order valence-electron chi connectivity index (χ0n) is 11.0. The number of nitrogens with zero attached hydrogens (tertiary/aromatic N) is 2. The molecular weight excluding hydrogens is 281 g/mol. The molecule has 0 saturated carbocycles. The third-order valence-corrected chi connectivity index (χ3v) is 2.40. The summed E-state index contributed by atoms with van der Waals surface area (Å²) in [5, 5.41) is 23.1. The molecule has 110 valence electrons. The highest BCUT2D eigenvalue weighted by Gasteiger charge is 2.02. The summed E-state index contributed by atoms with van der Waals surface area (Å²) < 4.78 is 12.1. The van der Waals surface area contributed by atoms with Gasteiger partial charge < -0.3 is 5.32 Å². The Bertz CT molecular complexity index is 614. The van der Waals surface area contributed by atoms with Gasteiger partial charge in [0.25, 0.3) is 11.4 Å². The van der Waals surface area contributed by atoms with E-state index < -0.39 is 15.7 Å². The highest BCUT2D eigenvalue weighted by atomic mass is 19.1. The molecule has 8 heteroatoms. The van der Waals surface area contributed by atoms with Crippen LogP contribution in [0.15, 0.2) is 48.5 Å². The number of nitrogens with one attached hydrogen (secondary N) is 1. The second-order valence-electron chi connectivity index (χ2n) is 3.79. The number of non-ortho nitro benzene ring substituents is 2. The van der Waals surface area contributed by atoms with Crippen molar-refractivity contribution in [3.63, 3.8) is 0 Å². The first-order valence-corrected chi connectivity index (χ1v) is 5.76. The monoisotopic (exact) mass is 293 g/mol. The number of rotatable bonds is 3. The molecule has 0 fully saturated rings. The minimum Gasteiger partial charge on any atom is -0.388 e. The Balaban J connectivity index is 0.000000211. The highest BCUT2D eigenvalue weighted by Crippen LogP contribution is 2.14. The van der Waals surface area contributed by atoms with E-state index in [0.29, 0.717) is 0 Å². The number of benzene rings is 2. The van der Waals surface area contributed by atoms with Crippen LogP contribution in [0.3, 0.4) is 0 Å². The molecule has 0 amide bonds. The third-order valence-electron chi connectivity index (χ3n) is 2.40. The summed E-state index contributed by atoms with van der Waals surface area (Å²) >= 11 is 0. The minimum atomic E-state index is -0.570. The van der Waals surface area contributed by atoms with E-state index in [9.17, 15) is 24.6 Å². The van der Waals surface area contributed by atoms with Gasteiger partial charge in [0.05, 0.1) is 9.85 Å². The van der Waals surface area contributed by atoms with Gasteiger partial charge in [0.2, 0.25) is 0 Å². The van der Waals surface area contributed by atoms with Gasteiger partial charge in [-0.15, -0.1) is 0 Å². The van der Waals surface area contributed by atoms with E-state index in [1.165, 1.54) is 12.1 Å². The molecule has 2 aromatic rings. The summed E-state index contributed by atoms with van der Waals surface area (Å²) in [5.41, 5.74) is 0.890. The highest BCUT2D eigenvalue weighted by molar-refractivity contribution is 5.47. The van der Waals surface area contributed by atoms with Crippen molar-refractivity contribution in [2.45, 2.75) is 0 Å². The topological polar surface area (TPSA) is 98.3 Å². The maximum Gasteiger partial charge on any atom is 0.269 e. The van der Waals surface area contributed by atoms with Crippen molar-refractivity contribution in [1.82, 2.24) is 0 Å². The average Bonchev–Trinajstić information content (AvgIpc) is 2.48. The fraction of sp³-hybridized carbons (Fsp3) is 0.0769. The van der Waals surface area contributed by atoms with E-state index in [2.05, 4.69) is 5.32 Å². The summed E-state index contributed by atoms with van der Waals surface area (Å²) in [6, 6.07) is 10.6. The van der Waals surface area contributed by atoms with Gasteiger partial charge in [0.1, 0.15) is 5.82 Å². The molecule has 2 rings (SSSR count). The van der Waals surface area contributed by atoms with Crippen LogP contribution in [-0.4, -0.2) is 16.9 Å². The lowest BCUT2D eigenvalue weighted by Crippen LogP contribution is -1.89. The molecule has 0 radical (unpaired) electrons. The lowest BCUT2D eigenvalue weighted by atomic mass is 10.3. The molecule has 7 nitrogen and oxygen atoms in total. The van der Waals surface area contributed by atoms with E-state index >= 15 is 0 Å². The van der Waals surface area contributed by atoms with Crippen LogP contribution in [-0.2, 0) is 0 Å². The Kier molecular flexibility index (Phi) is 5.75. The largest absolute Gasteiger partial charge is 0.388 e. The lowest BCUT2D eigenvalue weighted by molar-refractivity contribution is -0.385. The van der Waals surface area contributed by atoms with Crippen LogP contribution in [0, 0.1) is 26.0 Å². The molecule has 0 aliphatic heterocycles. The first kappa shape index (κ1) is 16.0. The molecule has 0 aliphatic carbocycles. The van der Waals surface area contributed by atoms with E-state index in [4.69, 9.17) is 0 Å². The Hall–Kier alpha value is -3.03. The maximum absolute atomic E-state index is 12.1. The quantitative estimate of drug-likeness (QED) is 0.691. The van der Waals surface area contributed by atoms with Crippen molar-refractivity contribution in [3.05, 3.63) is 74.6 Å². The second-order valence-corrected chi connectivity index (χ2v) is 3.79. The first-order chi connectivity index (χ1) is 9.93. The fourth-order valence-electron chi connectivity index (χ4n) is 1.31. The van der Waals surface area contributed by atoms with Gasteiger partial charge in [0, 0.05) is 37.0 Å². The van der Waals surface area contributed by atoms with E-state index in [0.717, 1.165) is 30.0 Å². The van der Waals surface area contributed by atoms with Crippen molar-refractivity contribution in [1.29, 1.82) is 0 Å². The Morgan fingerprint density at radius 3 is 1.57 bits per heavy atom. The molecular formula is C13H12FN3O4. The number of anilines is 1. The van der Waals surface area contributed by atoms with Gasteiger partial charge in [0.15, 0.2) is 0 Å². The van der Waals surface area contributed by atoms with Crippen LogP contribution in [0.25, 0.3) is 0 Å². The average molecular weight is 293 g/mol. The molecule has 0 spiro atoms. The standard InChI is InChI=1S/C7H8N2O2.C6H4FNO2/c1-8-6-2-4-7(5-3-6)9(10)11;7-5-1-3-6(4-2-5)8(9)10/h2-5,8H,1H3;1-4H. The van der Waals surface area contributed by atoms with Gasteiger partial charge in [-0.2, -0.15) is 0 Å². The van der Waals surface area contributed by atoms with E-state index in [-0.39, 0.29) is 11.4 Å². The van der Waals surface area contributed by atoms with Crippen molar-refractivity contribution in [2.24, 2.45) is 0 Å². The number of halogens is 1. The molecule has 0 saturated heterocycles. The number of hydrogen-bond acceptors (Lipinski definition) is 5. The van der Waals surface area contributed by atoms with Crippen LogP contribution in [0.1, 0.15) is 0 Å². The van der Waals surface area contributed by atoms with Gasteiger partial charge in [-0.05, 0) is 24.3 Å². The summed E-state index contributed by atoms with van der Waals surface area (Å²) in [6.07, 6.45) is 0. The van der Waals surface area contributed by atoms with Gasteiger partial charge in [-0.25, -0.2) is 4.39 Å². The van der Waals surface area contributed by atoms with Crippen molar-refractivity contribution >= 4 is 17.1 Å². The zero-order valence-corrected chi connectivity index (χ0v) is 11.0. The van der Waals surface area contributed by atoms with E-state index in [1.54, 1.807) is 19.2 Å². The van der Waals surface area contributed by atoms with E-state index in [1.807, 2.05) is 0 Å². The summed E-state index contributed by atoms with van der Waals surface area (Å²) in [4.78, 5) is 19.2. The van der Waals surface area contributed by atoms with Crippen LogP contribution in [0.2, 0.25) is 0 Å². The lowest BCUT2D eigenvalue weighted by Gasteiger charge is -1.96. The van der Waals surface area contributed by atoms with Crippen LogP contribution in [0.5, 0.6) is 0 Å². The Morgan fingerprint density at radius 1 is 0.857 bits per heavy atom. The van der Waals surface area contributed by atoms with Crippen molar-refractivity contribution in [3.8, 4) is 0 Å². The second kappa shape index (κ2) is 7.53. The van der Waals surface area contributed by atoms with Crippen molar-refractivity contribution in [2.75, 3.05) is 12.4 Å².